The molecule has 4 aromatic rings. The quantitative estimate of drug-likeness (QED) is 0.150. The molecular formula is C38H38FeN2P2. The average Bonchev–Trinajstić information content (AvgIpc) is 4.00. The molecule has 2 aromatic carbocycles. The van der Waals surface area contributed by atoms with Crippen molar-refractivity contribution in [1.82, 2.24) is 9.97 Å². The summed E-state index contributed by atoms with van der Waals surface area (Å²) in [6, 6.07) is 37.9. The number of pyridine rings is 2. The first-order valence-corrected chi connectivity index (χ1v) is 24.6. The summed E-state index contributed by atoms with van der Waals surface area (Å²) in [4.78, 5) is 15.7. The van der Waals surface area contributed by atoms with Gasteiger partial charge in [0.1, 0.15) is 0 Å². The Kier molecular flexibility index (Phi) is 1.88. The van der Waals surface area contributed by atoms with Gasteiger partial charge >= 0.3 is 249 Å². The molecule has 43 heavy (non-hydrogen) atoms. The van der Waals surface area contributed by atoms with Gasteiger partial charge < -0.3 is 0 Å². The third-order valence-corrected chi connectivity index (χ3v) is 71.4. The van der Waals surface area contributed by atoms with Gasteiger partial charge in [-0.15, -0.1) is 0 Å². The van der Waals surface area contributed by atoms with Gasteiger partial charge in [-0.25, -0.2) is 0 Å². The van der Waals surface area contributed by atoms with Crippen molar-refractivity contribution in [2.45, 2.75) is 66.4 Å². The maximum absolute atomic E-state index is 5.13. The molecule has 1 spiro atoms. The van der Waals surface area contributed by atoms with Gasteiger partial charge in [-0.05, 0) is 0 Å². The van der Waals surface area contributed by atoms with E-state index in [2.05, 4.69) is 127 Å². The molecule has 6 atom stereocenters. The number of hydrogen-bond acceptors (Lipinski definition) is 2. The number of rotatable bonds is 7. The molecule has 0 bridgehead atoms. The molecule has 2 nitrogen and oxygen atoms in total. The van der Waals surface area contributed by atoms with Crippen LogP contribution in [-0.2, 0) is 15.1 Å². The van der Waals surface area contributed by atoms with E-state index in [1.54, 1.807) is 11.1 Å². The van der Waals surface area contributed by atoms with Crippen molar-refractivity contribution in [2.24, 2.45) is 5.41 Å². The van der Waals surface area contributed by atoms with Crippen molar-refractivity contribution in [3.8, 4) is 0 Å². The molecule has 6 unspecified atom stereocenters. The molecule has 0 N–H and O–H groups in total. The van der Waals surface area contributed by atoms with Gasteiger partial charge in [-0.2, -0.15) is 0 Å². The Labute approximate surface area is 248 Å². The molecular weight excluding hydrogens is 602 g/mol. The molecule has 2 aromatic heterocycles. The summed E-state index contributed by atoms with van der Waals surface area (Å²) in [5.74, 6) is 0. The second-order valence-electron chi connectivity index (χ2n) is 18.4. The van der Waals surface area contributed by atoms with Crippen LogP contribution in [0.4, 0.5) is 0 Å². The molecule has 5 heteroatoms. The maximum atomic E-state index is 5.13. The van der Waals surface area contributed by atoms with Crippen LogP contribution >= 0.6 is 17.2 Å². The number of fused-ring (bicyclic) bond motifs is 10. The fourth-order valence-electron chi connectivity index (χ4n) is 26.5. The standard InChI is InChI=1S/C33H33N2P2.C5H5.Fe/c1-33(2,3)32-27(23-37(28-18-10-12-20-34-28)29-19-11-13-21-35-29)26(22-36)30(24-14-6-4-7-15-24)31(32)25-16-8-5-9-17-25;1-2-4-5-3-1;/h4-21H,22-23,36H2,1-3H3;1-5H;. The zero-order chi connectivity index (χ0) is 28.6. The van der Waals surface area contributed by atoms with Crippen molar-refractivity contribution in [3.05, 3.63) is 121 Å². The van der Waals surface area contributed by atoms with Gasteiger partial charge in [0, 0.05) is 0 Å². The van der Waals surface area contributed by atoms with Gasteiger partial charge in [0.25, 0.3) is 0 Å². The average molecular weight is 641 g/mol. The Morgan fingerprint density at radius 1 is 0.651 bits per heavy atom. The summed E-state index contributed by atoms with van der Waals surface area (Å²) in [6.07, 6.45) is 6.74. The van der Waals surface area contributed by atoms with Gasteiger partial charge in [0.15, 0.2) is 0 Å². The van der Waals surface area contributed by atoms with E-state index in [0.717, 1.165) is 24.1 Å². The Balaban J connectivity index is 1.19. The van der Waals surface area contributed by atoms with Gasteiger partial charge in [0.05, 0.1) is 0 Å². The first-order valence-electron chi connectivity index (χ1n) is 16.3. The molecule has 14 rings (SSSR count). The number of benzene rings is 2. The summed E-state index contributed by atoms with van der Waals surface area (Å²) < 4.78 is 2.40. The summed E-state index contributed by atoms with van der Waals surface area (Å²) in [5.41, 5.74) is 6.45. The van der Waals surface area contributed by atoms with Crippen LogP contribution in [0.25, 0.3) is 0 Å². The SMILES string of the molecule is CC(C)(C)[C]12[C]3(CP(c4ccccn4)c4ccccn4)[C]4(CP)[C]5(c6ccccc6)[C]1(c1ccccc1)[Fe]43521678[CH]2[CH]1[CH]6[CH]7[CH]28. The molecule has 10 saturated heterocycles. The van der Waals surface area contributed by atoms with Gasteiger partial charge in [-0.1, -0.05) is 0 Å². The number of nitrogens with zero attached hydrogens (tertiary/aromatic N) is 2. The Bertz CT molecular complexity index is 2360. The second-order valence-corrected chi connectivity index (χ2v) is 43.3. The molecule has 10 aliphatic heterocycles. The van der Waals surface area contributed by atoms with Crippen molar-refractivity contribution >= 4 is 28.0 Å². The van der Waals surface area contributed by atoms with Crippen LogP contribution in [0.5, 0.6) is 0 Å². The summed E-state index contributed by atoms with van der Waals surface area (Å²) in [7, 11) is 2.83. The summed E-state index contributed by atoms with van der Waals surface area (Å²) >= 11 is 0. The van der Waals surface area contributed by atoms with E-state index in [1.165, 1.54) is 23.2 Å². The molecule has 0 saturated carbocycles. The van der Waals surface area contributed by atoms with Crippen molar-refractivity contribution in [3.63, 3.8) is 0 Å². The molecule has 10 aliphatic rings. The fourth-order valence-corrected chi connectivity index (χ4v) is 122. The summed E-state index contributed by atoms with van der Waals surface area (Å²) in [6.45, 7) is 3.48. The Morgan fingerprint density at radius 3 is 1.51 bits per heavy atom. The van der Waals surface area contributed by atoms with Gasteiger partial charge in [0.2, 0.25) is 0 Å². The van der Waals surface area contributed by atoms with Crippen molar-refractivity contribution < 1.29 is 6.51 Å². The monoisotopic (exact) mass is 640 g/mol. The zero-order valence-electron chi connectivity index (χ0n) is 25.0. The van der Waals surface area contributed by atoms with Crippen molar-refractivity contribution in [1.29, 1.82) is 0 Å². The fraction of sp³-hybridized carbons (Fsp3) is 0.421. The molecule has 12 heterocycles. The first kappa shape index (κ1) is 22.6. The predicted octanol–water partition coefficient (Wildman–Crippen LogP) is 8.54. The van der Waals surface area contributed by atoms with E-state index in [1.807, 2.05) is 12.4 Å². The number of hydrogen-bond donors (Lipinski definition) is 0. The molecule has 0 aliphatic carbocycles. The zero-order valence-corrected chi connectivity index (χ0v) is 28.1. The molecule has 0 radical (unpaired) electrons. The van der Waals surface area contributed by atoms with Crippen LogP contribution in [0.15, 0.2) is 109 Å². The molecule has 218 valence electrons. The second kappa shape index (κ2) is 3.57. The van der Waals surface area contributed by atoms with Crippen molar-refractivity contribution in [2.75, 3.05) is 12.3 Å². The minimum absolute atomic E-state index is 0.284. The minimum atomic E-state index is -4.69. The third-order valence-electron chi connectivity index (χ3n) is 21.9. The Hall–Kier alpha value is -1.88. The normalized spacial score (nSPS) is 61.5. The van der Waals surface area contributed by atoms with E-state index < -0.39 is 14.4 Å². The summed E-state index contributed by atoms with van der Waals surface area (Å²) in [5, 5.41) is 0. The van der Waals surface area contributed by atoms with Crippen LogP contribution in [0.2, 0.25) is 37.0 Å². The van der Waals surface area contributed by atoms with Crippen LogP contribution in [0.3, 0.4) is 0 Å². The van der Waals surface area contributed by atoms with Crippen LogP contribution < -0.4 is 10.9 Å². The van der Waals surface area contributed by atoms with Crippen LogP contribution in [0.1, 0.15) is 31.9 Å². The van der Waals surface area contributed by atoms with E-state index in [4.69, 9.17) is 9.97 Å². The van der Waals surface area contributed by atoms with E-state index in [0.29, 0.717) is 21.6 Å². The molecule has 10 fully saturated rings. The van der Waals surface area contributed by atoms with E-state index in [9.17, 15) is 0 Å². The van der Waals surface area contributed by atoms with E-state index >= 15 is 0 Å². The van der Waals surface area contributed by atoms with Crippen LogP contribution in [-0.4, -0.2) is 22.3 Å². The Morgan fingerprint density at radius 2 is 1.12 bits per heavy atom. The first-order chi connectivity index (χ1) is 20.7. The third kappa shape index (κ3) is 0.513. The van der Waals surface area contributed by atoms with Crippen LogP contribution in [0, 0.1) is 5.41 Å². The predicted molar refractivity (Wildman–Crippen MR) is 177 cm³/mol. The molecule has 0 amide bonds. The van der Waals surface area contributed by atoms with E-state index in [-0.39, 0.29) is 5.41 Å². The van der Waals surface area contributed by atoms with Gasteiger partial charge in [-0.3, -0.25) is 0 Å². The topological polar surface area (TPSA) is 25.8 Å². The number of aromatic nitrogens is 2.